The van der Waals surface area contributed by atoms with Crippen molar-refractivity contribution in [2.45, 2.75) is 39.0 Å². The van der Waals surface area contributed by atoms with Crippen molar-refractivity contribution in [1.82, 2.24) is 19.7 Å². The molecule has 0 spiro atoms. The Morgan fingerprint density at radius 1 is 1.53 bits per heavy atom. The lowest BCUT2D eigenvalue weighted by Crippen LogP contribution is -2.50. The topological polar surface area (TPSA) is 60.2 Å². The highest BCUT2D eigenvalue weighted by Gasteiger charge is 2.26. The number of rotatable bonds is 3. The van der Waals surface area contributed by atoms with E-state index in [1.54, 1.807) is 11.0 Å². The molecule has 0 N–H and O–H groups in total. The summed E-state index contributed by atoms with van der Waals surface area (Å²) in [6.45, 7) is 5.88. The van der Waals surface area contributed by atoms with Gasteiger partial charge in [0.25, 0.3) is 0 Å². The van der Waals surface area contributed by atoms with Crippen molar-refractivity contribution in [1.29, 1.82) is 0 Å². The van der Waals surface area contributed by atoms with Gasteiger partial charge in [-0.05, 0) is 13.8 Å². The first-order valence-corrected chi connectivity index (χ1v) is 5.90. The van der Waals surface area contributed by atoms with E-state index in [9.17, 15) is 4.79 Å². The SMILES string of the molecule is C[C@@H]1CN(C(=O)CCn2cncn2)[C@H](C)CO1. The van der Waals surface area contributed by atoms with Crippen LogP contribution in [0.5, 0.6) is 0 Å². The van der Waals surface area contributed by atoms with Crippen LogP contribution in [0.2, 0.25) is 0 Å². The molecule has 0 unspecified atom stereocenters. The molecule has 2 heterocycles. The summed E-state index contributed by atoms with van der Waals surface area (Å²) in [6, 6.07) is 0.162. The van der Waals surface area contributed by atoms with Gasteiger partial charge >= 0.3 is 0 Å². The molecule has 2 rings (SSSR count). The average molecular weight is 238 g/mol. The molecule has 6 nitrogen and oxygen atoms in total. The summed E-state index contributed by atoms with van der Waals surface area (Å²) in [6.07, 6.45) is 3.68. The van der Waals surface area contributed by atoms with Gasteiger partial charge in [0.1, 0.15) is 12.7 Å². The Bertz CT molecular complexity index is 366. The van der Waals surface area contributed by atoms with Crippen LogP contribution in [0.1, 0.15) is 20.3 Å². The molecule has 1 fully saturated rings. The van der Waals surface area contributed by atoms with E-state index in [2.05, 4.69) is 10.1 Å². The Labute approximate surface area is 101 Å². The largest absolute Gasteiger partial charge is 0.375 e. The molecule has 1 aromatic rings. The predicted molar refractivity (Wildman–Crippen MR) is 61.2 cm³/mol. The lowest BCUT2D eigenvalue weighted by molar-refractivity contribution is -0.143. The molecule has 94 valence electrons. The predicted octanol–water partition coefficient (Wildman–Crippen LogP) is 0.304. The molecule has 0 aliphatic carbocycles. The molecule has 1 aliphatic rings. The van der Waals surface area contributed by atoms with E-state index in [4.69, 9.17) is 4.74 Å². The average Bonchev–Trinajstić information content (AvgIpc) is 2.82. The number of nitrogens with zero attached hydrogens (tertiary/aromatic N) is 4. The number of morpholine rings is 1. The minimum absolute atomic E-state index is 0.126. The fraction of sp³-hybridized carbons (Fsp3) is 0.727. The lowest BCUT2D eigenvalue weighted by atomic mass is 10.2. The molecular weight excluding hydrogens is 220 g/mol. The van der Waals surface area contributed by atoms with Crippen LogP contribution in [0, 0.1) is 0 Å². The van der Waals surface area contributed by atoms with Crippen molar-refractivity contribution in [2.75, 3.05) is 13.2 Å². The van der Waals surface area contributed by atoms with Gasteiger partial charge in [0.05, 0.1) is 25.3 Å². The monoisotopic (exact) mass is 238 g/mol. The lowest BCUT2D eigenvalue weighted by Gasteiger charge is -2.36. The van der Waals surface area contributed by atoms with E-state index in [1.165, 1.54) is 6.33 Å². The molecule has 0 saturated carbocycles. The number of hydrogen-bond donors (Lipinski definition) is 0. The Balaban J connectivity index is 1.86. The maximum absolute atomic E-state index is 12.1. The van der Waals surface area contributed by atoms with Crippen molar-refractivity contribution in [3.63, 3.8) is 0 Å². The Morgan fingerprint density at radius 3 is 3.06 bits per heavy atom. The first kappa shape index (κ1) is 12.0. The highest BCUT2D eigenvalue weighted by molar-refractivity contribution is 5.76. The first-order chi connectivity index (χ1) is 8.16. The van der Waals surface area contributed by atoms with Gasteiger partial charge in [-0.15, -0.1) is 0 Å². The molecule has 2 atom stereocenters. The van der Waals surface area contributed by atoms with E-state index in [0.29, 0.717) is 26.1 Å². The second kappa shape index (κ2) is 5.27. The minimum Gasteiger partial charge on any atom is -0.375 e. The summed E-state index contributed by atoms with van der Waals surface area (Å²) in [5.74, 6) is 0.156. The molecule has 1 amide bonds. The smallest absolute Gasteiger partial charge is 0.224 e. The Morgan fingerprint density at radius 2 is 2.35 bits per heavy atom. The maximum atomic E-state index is 12.1. The van der Waals surface area contributed by atoms with E-state index in [-0.39, 0.29) is 18.1 Å². The van der Waals surface area contributed by atoms with Crippen LogP contribution in [-0.4, -0.2) is 50.9 Å². The van der Waals surface area contributed by atoms with Gasteiger partial charge in [0, 0.05) is 13.0 Å². The van der Waals surface area contributed by atoms with Crippen molar-refractivity contribution in [3.8, 4) is 0 Å². The highest BCUT2D eigenvalue weighted by Crippen LogP contribution is 2.12. The van der Waals surface area contributed by atoms with Crippen molar-refractivity contribution >= 4 is 5.91 Å². The highest BCUT2D eigenvalue weighted by atomic mass is 16.5. The molecule has 6 heteroatoms. The number of carbonyl (C=O) groups excluding carboxylic acids is 1. The summed E-state index contributed by atoms with van der Waals surface area (Å²) in [4.78, 5) is 17.8. The number of aromatic nitrogens is 3. The van der Waals surface area contributed by atoms with Crippen LogP contribution in [0.3, 0.4) is 0 Å². The Kier molecular flexibility index (Phi) is 3.73. The van der Waals surface area contributed by atoms with Crippen LogP contribution in [0.4, 0.5) is 0 Å². The van der Waals surface area contributed by atoms with Crippen LogP contribution in [0.15, 0.2) is 12.7 Å². The van der Waals surface area contributed by atoms with E-state index < -0.39 is 0 Å². The zero-order chi connectivity index (χ0) is 12.3. The fourth-order valence-corrected chi connectivity index (χ4v) is 1.95. The third-order valence-corrected chi connectivity index (χ3v) is 2.95. The molecule has 17 heavy (non-hydrogen) atoms. The standard InChI is InChI=1S/C11H18N4O2/c1-9-6-17-10(2)5-15(9)11(16)3-4-14-8-12-7-13-14/h7-10H,3-6H2,1-2H3/t9-,10-/m1/s1. The molecule has 0 aromatic carbocycles. The second-order valence-corrected chi connectivity index (χ2v) is 4.45. The van der Waals surface area contributed by atoms with Crippen molar-refractivity contribution < 1.29 is 9.53 Å². The molecule has 1 aliphatic heterocycles. The van der Waals surface area contributed by atoms with Gasteiger partial charge in [-0.3, -0.25) is 9.48 Å². The summed E-state index contributed by atoms with van der Waals surface area (Å²) < 4.78 is 7.17. The van der Waals surface area contributed by atoms with Gasteiger partial charge in [-0.2, -0.15) is 5.10 Å². The van der Waals surface area contributed by atoms with Crippen LogP contribution >= 0.6 is 0 Å². The van der Waals surface area contributed by atoms with Crippen LogP contribution in [-0.2, 0) is 16.1 Å². The quantitative estimate of drug-likeness (QED) is 0.760. The fourth-order valence-electron chi connectivity index (χ4n) is 1.95. The van der Waals surface area contributed by atoms with Gasteiger partial charge in [-0.25, -0.2) is 4.98 Å². The third-order valence-electron chi connectivity index (χ3n) is 2.95. The van der Waals surface area contributed by atoms with Crippen molar-refractivity contribution in [3.05, 3.63) is 12.7 Å². The van der Waals surface area contributed by atoms with Crippen LogP contribution in [0.25, 0.3) is 0 Å². The zero-order valence-corrected chi connectivity index (χ0v) is 10.2. The Hall–Kier alpha value is -1.43. The van der Waals surface area contributed by atoms with Gasteiger partial charge in [0.15, 0.2) is 0 Å². The van der Waals surface area contributed by atoms with Crippen LogP contribution < -0.4 is 0 Å². The molecular formula is C11H18N4O2. The molecule has 1 aromatic heterocycles. The molecule has 1 saturated heterocycles. The summed E-state index contributed by atoms with van der Waals surface area (Å²) in [5.41, 5.74) is 0. The number of amides is 1. The van der Waals surface area contributed by atoms with Gasteiger partial charge in [0.2, 0.25) is 5.91 Å². The van der Waals surface area contributed by atoms with Gasteiger partial charge < -0.3 is 9.64 Å². The summed E-state index contributed by atoms with van der Waals surface area (Å²) >= 11 is 0. The second-order valence-electron chi connectivity index (χ2n) is 4.45. The number of aryl methyl sites for hydroxylation is 1. The first-order valence-electron chi connectivity index (χ1n) is 5.90. The van der Waals surface area contributed by atoms with Gasteiger partial charge in [-0.1, -0.05) is 0 Å². The third kappa shape index (κ3) is 3.03. The number of carbonyl (C=O) groups is 1. The van der Waals surface area contributed by atoms with E-state index in [1.807, 2.05) is 18.7 Å². The zero-order valence-electron chi connectivity index (χ0n) is 10.2. The van der Waals surface area contributed by atoms with E-state index >= 15 is 0 Å². The minimum atomic E-state index is 0.126. The maximum Gasteiger partial charge on any atom is 0.224 e. The number of hydrogen-bond acceptors (Lipinski definition) is 4. The summed E-state index contributed by atoms with van der Waals surface area (Å²) in [7, 11) is 0. The molecule has 0 bridgehead atoms. The summed E-state index contributed by atoms with van der Waals surface area (Å²) in [5, 5.41) is 3.98. The number of ether oxygens (including phenoxy) is 1. The van der Waals surface area contributed by atoms with Crippen molar-refractivity contribution in [2.24, 2.45) is 0 Å². The molecule has 0 radical (unpaired) electrons. The van der Waals surface area contributed by atoms with E-state index in [0.717, 1.165) is 0 Å². The normalized spacial score (nSPS) is 24.9.